The van der Waals surface area contributed by atoms with Gasteiger partial charge < -0.3 is 20.5 Å². The third kappa shape index (κ3) is 10.2. The molecule has 5 heteroatoms. The van der Waals surface area contributed by atoms with Crippen molar-refractivity contribution in [2.75, 3.05) is 33.5 Å². The van der Waals surface area contributed by atoms with Crippen LogP contribution in [0.15, 0.2) is 0 Å². The minimum Gasteiger partial charge on any atom is -0.382 e. The molecule has 0 radical (unpaired) electrons. The van der Waals surface area contributed by atoms with Crippen LogP contribution in [-0.4, -0.2) is 45.4 Å². The predicted octanol–water partition coefficient (Wildman–Crippen LogP) is 0.673. The number of nitrogens with two attached hydrogens (primary N) is 1. The molecule has 0 unspecified atom stereocenters. The fourth-order valence-corrected chi connectivity index (χ4v) is 1.36. The average Bonchev–Trinajstić information content (AvgIpc) is 2.32. The predicted molar refractivity (Wildman–Crippen MR) is 67.8 cm³/mol. The number of nitrogens with one attached hydrogen (secondary N) is 1. The van der Waals surface area contributed by atoms with Gasteiger partial charge in [-0.3, -0.25) is 4.79 Å². The Bertz CT molecular complexity index is 189. The van der Waals surface area contributed by atoms with E-state index in [1.54, 1.807) is 7.11 Å². The van der Waals surface area contributed by atoms with Gasteiger partial charge in [0, 0.05) is 20.3 Å². The fraction of sp³-hybridized carbons (Fsp3) is 0.917. The number of methoxy groups -OCH3 is 1. The summed E-state index contributed by atoms with van der Waals surface area (Å²) in [5.41, 5.74) is 5.67. The molecule has 5 nitrogen and oxygen atoms in total. The van der Waals surface area contributed by atoms with Crippen LogP contribution < -0.4 is 11.1 Å². The van der Waals surface area contributed by atoms with E-state index in [1.807, 2.05) is 6.92 Å². The number of carbonyl (C=O) groups is 1. The van der Waals surface area contributed by atoms with E-state index in [0.29, 0.717) is 26.4 Å². The molecule has 0 aliphatic carbocycles. The lowest BCUT2D eigenvalue weighted by Crippen LogP contribution is -2.40. The fourth-order valence-electron chi connectivity index (χ4n) is 1.36. The molecule has 17 heavy (non-hydrogen) atoms. The van der Waals surface area contributed by atoms with E-state index in [0.717, 1.165) is 25.7 Å². The molecule has 0 saturated carbocycles. The van der Waals surface area contributed by atoms with Crippen LogP contribution in [0.4, 0.5) is 0 Å². The molecule has 1 atom stereocenters. The zero-order valence-electron chi connectivity index (χ0n) is 11.0. The van der Waals surface area contributed by atoms with Crippen molar-refractivity contribution in [1.29, 1.82) is 0 Å². The first-order valence-corrected chi connectivity index (χ1v) is 6.32. The smallest absolute Gasteiger partial charge is 0.236 e. The Hall–Kier alpha value is -0.650. The summed E-state index contributed by atoms with van der Waals surface area (Å²) in [5, 5.41) is 2.83. The monoisotopic (exact) mass is 246 g/mol. The minimum absolute atomic E-state index is 0.0489. The maximum Gasteiger partial charge on any atom is 0.236 e. The van der Waals surface area contributed by atoms with Gasteiger partial charge in [-0.05, 0) is 19.3 Å². The van der Waals surface area contributed by atoms with Crippen molar-refractivity contribution in [2.45, 2.75) is 38.6 Å². The van der Waals surface area contributed by atoms with Gasteiger partial charge in [0.25, 0.3) is 0 Å². The van der Waals surface area contributed by atoms with Gasteiger partial charge in [-0.1, -0.05) is 13.3 Å². The zero-order valence-corrected chi connectivity index (χ0v) is 11.0. The molecule has 102 valence electrons. The number of carbonyl (C=O) groups excluding carboxylic acids is 1. The van der Waals surface area contributed by atoms with E-state index in [1.165, 1.54) is 0 Å². The van der Waals surface area contributed by atoms with Gasteiger partial charge in [-0.15, -0.1) is 0 Å². The molecule has 0 heterocycles. The standard InChI is InChI=1S/C12H26N2O3/c1-3-6-11(13)12(15)14-7-4-5-8-17-10-9-16-2/h11H,3-10,13H2,1-2H3,(H,14,15)/t11-/m0/s1. The molecule has 0 bridgehead atoms. The summed E-state index contributed by atoms with van der Waals surface area (Å²) in [6.45, 7) is 4.65. The number of hydrogen-bond donors (Lipinski definition) is 2. The van der Waals surface area contributed by atoms with Crippen LogP contribution in [0, 0.1) is 0 Å². The molecule has 0 spiro atoms. The molecule has 0 aromatic heterocycles. The Labute approximate surface area is 104 Å². The van der Waals surface area contributed by atoms with Crippen molar-refractivity contribution < 1.29 is 14.3 Å². The lowest BCUT2D eigenvalue weighted by molar-refractivity contribution is -0.122. The first-order chi connectivity index (χ1) is 8.22. The second kappa shape index (κ2) is 11.8. The van der Waals surface area contributed by atoms with Crippen molar-refractivity contribution >= 4 is 5.91 Å². The Kier molecular flexibility index (Phi) is 11.4. The summed E-state index contributed by atoms with van der Waals surface area (Å²) >= 11 is 0. The van der Waals surface area contributed by atoms with E-state index in [9.17, 15) is 4.79 Å². The van der Waals surface area contributed by atoms with Crippen LogP contribution in [0.1, 0.15) is 32.6 Å². The molecule has 0 saturated heterocycles. The number of ether oxygens (including phenoxy) is 2. The molecule has 0 aromatic rings. The third-order valence-corrected chi connectivity index (χ3v) is 2.38. The van der Waals surface area contributed by atoms with E-state index < -0.39 is 0 Å². The van der Waals surface area contributed by atoms with Crippen LogP contribution in [0.2, 0.25) is 0 Å². The molecule has 0 aliphatic rings. The third-order valence-electron chi connectivity index (χ3n) is 2.38. The minimum atomic E-state index is -0.363. The summed E-state index contributed by atoms with van der Waals surface area (Å²) in [7, 11) is 1.65. The highest BCUT2D eigenvalue weighted by Crippen LogP contribution is 1.94. The molecule has 0 aromatic carbocycles. The van der Waals surface area contributed by atoms with Crippen LogP contribution in [0.25, 0.3) is 0 Å². The van der Waals surface area contributed by atoms with Crippen LogP contribution in [0.3, 0.4) is 0 Å². The van der Waals surface area contributed by atoms with E-state index >= 15 is 0 Å². The van der Waals surface area contributed by atoms with Crippen LogP contribution >= 0.6 is 0 Å². The molecule has 0 fully saturated rings. The maximum absolute atomic E-state index is 11.4. The van der Waals surface area contributed by atoms with Crippen molar-refractivity contribution in [2.24, 2.45) is 5.73 Å². The summed E-state index contributed by atoms with van der Waals surface area (Å²) in [5.74, 6) is -0.0489. The summed E-state index contributed by atoms with van der Waals surface area (Å²) in [6, 6.07) is -0.363. The van der Waals surface area contributed by atoms with Crippen molar-refractivity contribution in [3.63, 3.8) is 0 Å². The molecule has 0 aliphatic heterocycles. The van der Waals surface area contributed by atoms with Crippen molar-refractivity contribution in [1.82, 2.24) is 5.32 Å². The zero-order chi connectivity index (χ0) is 12.9. The average molecular weight is 246 g/mol. The first-order valence-electron chi connectivity index (χ1n) is 6.32. The van der Waals surface area contributed by atoms with Gasteiger partial charge in [-0.2, -0.15) is 0 Å². The van der Waals surface area contributed by atoms with Gasteiger partial charge in [-0.25, -0.2) is 0 Å². The highest BCUT2D eigenvalue weighted by molar-refractivity contribution is 5.81. The van der Waals surface area contributed by atoms with E-state index in [2.05, 4.69) is 5.32 Å². The molecular formula is C12H26N2O3. The Morgan fingerprint density at radius 1 is 1.29 bits per heavy atom. The molecule has 0 rings (SSSR count). The number of amides is 1. The number of rotatable bonds is 11. The Morgan fingerprint density at radius 2 is 2.06 bits per heavy atom. The van der Waals surface area contributed by atoms with Crippen molar-refractivity contribution in [3.8, 4) is 0 Å². The Balaban J connectivity index is 3.24. The second-order valence-electron chi connectivity index (χ2n) is 4.00. The van der Waals surface area contributed by atoms with E-state index in [4.69, 9.17) is 15.2 Å². The van der Waals surface area contributed by atoms with Gasteiger partial charge in [0.15, 0.2) is 0 Å². The van der Waals surface area contributed by atoms with Crippen LogP contribution in [-0.2, 0) is 14.3 Å². The number of unbranched alkanes of at least 4 members (excludes halogenated alkanes) is 1. The van der Waals surface area contributed by atoms with E-state index in [-0.39, 0.29) is 11.9 Å². The first kappa shape index (κ1) is 16.4. The normalized spacial score (nSPS) is 12.4. The van der Waals surface area contributed by atoms with Crippen molar-refractivity contribution in [3.05, 3.63) is 0 Å². The summed E-state index contributed by atoms with van der Waals surface area (Å²) in [4.78, 5) is 11.4. The molecular weight excluding hydrogens is 220 g/mol. The summed E-state index contributed by atoms with van der Waals surface area (Å²) in [6.07, 6.45) is 3.53. The topological polar surface area (TPSA) is 73.6 Å². The highest BCUT2D eigenvalue weighted by atomic mass is 16.5. The number of hydrogen-bond acceptors (Lipinski definition) is 4. The van der Waals surface area contributed by atoms with Gasteiger partial charge in [0.1, 0.15) is 0 Å². The molecule has 1 amide bonds. The van der Waals surface area contributed by atoms with Gasteiger partial charge in [0.2, 0.25) is 5.91 Å². The Morgan fingerprint density at radius 3 is 2.71 bits per heavy atom. The lowest BCUT2D eigenvalue weighted by atomic mass is 10.1. The summed E-state index contributed by atoms with van der Waals surface area (Å²) < 4.78 is 10.2. The lowest BCUT2D eigenvalue weighted by Gasteiger charge is -2.10. The quantitative estimate of drug-likeness (QED) is 0.526. The SMILES string of the molecule is CCC[C@H](N)C(=O)NCCCCOCCOC. The van der Waals surface area contributed by atoms with Gasteiger partial charge >= 0.3 is 0 Å². The molecule has 3 N–H and O–H groups in total. The van der Waals surface area contributed by atoms with Gasteiger partial charge in [0.05, 0.1) is 19.3 Å². The highest BCUT2D eigenvalue weighted by Gasteiger charge is 2.10. The van der Waals surface area contributed by atoms with Crippen LogP contribution in [0.5, 0.6) is 0 Å². The largest absolute Gasteiger partial charge is 0.382 e. The second-order valence-corrected chi connectivity index (χ2v) is 4.00. The maximum atomic E-state index is 11.4.